The Kier molecular flexibility index (Phi) is 5.46. The van der Waals surface area contributed by atoms with Crippen LogP contribution in [0.1, 0.15) is 5.56 Å². The molecule has 0 unspecified atom stereocenters. The van der Waals surface area contributed by atoms with Gasteiger partial charge in [-0.15, -0.1) is 0 Å². The lowest BCUT2D eigenvalue weighted by molar-refractivity contribution is -0.115. The third-order valence-corrected chi connectivity index (χ3v) is 4.75. The number of nitrogens with zero attached hydrogens (tertiary/aromatic N) is 1. The van der Waals surface area contributed by atoms with E-state index >= 15 is 0 Å². The van der Waals surface area contributed by atoms with Gasteiger partial charge in [0, 0.05) is 7.05 Å². The van der Waals surface area contributed by atoms with Crippen molar-refractivity contribution in [1.82, 2.24) is 0 Å². The zero-order valence-electron chi connectivity index (χ0n) is 13.8. The first-order valence-electron chi connectivity index (χ1n) is 7.27. The number of carbonyl (C=O) groups excluding carboxylic acids is 1. The SMILES string of the molecule is COc1ccccc1NC(=O)Cc1ccc(N(C)S(C)(=O)=O)cc1. The van der Waals surface area contributed by atoms with Crippen LogP contribution in [0.25, 0.3) is 0 Å². The summed E-state index contributed by atoms with van der Waals surface area (Å²) >= 11 is 0. The minimum atomic E-state index is -3.30. The van der Waals surface area contributed by atoms with Crippen LogP contribution in [0.3, 0.4) is 0 Å². The number of rotatable bonds is 6. The van der Waals surface area contributed by atoms with Crippen molar-refractivity contribution in [3.05, 3.63) is 54.1 Å². The van der Waals surface area contributed by atoms with Crippen molar-refractivity contribution in [2.24, 2.45) is 0 Å². The van der Waals surface area contributed by atoms with E-state index in [4.69, 9.17) is 4.74 Å². The number of nitrogens with one attached hydrogen (secondary N) is 1. The van der Waals surface area contributed by atoms with Crippen LogP contribution in [-0.4, -0.2) is 34.7 Å². The van der Waals surface area contributed by atoms with Crippen LogP contribution in [0.2, 0.25) is 0 Å². The third kappa shape index (κ3) is 4.48. The molecule has 0 aliphatic carbocycles. The quantitative estimate of drug-likeness (QED) is 0.869. The molecule has 0 spiro atoms. The number of hydrogen-bond donors (Lipinski definition) is 1. The largest absolute Gasteiger partial charge is 0.495 e. The van der Waals surface area contributed by atoms with Gasteiger partial charge in [-0.1, -0.05) is 24.3 Å². The highest BCUT2D eigenvalue weighted by Gasteiger charge is 2.12. The summed E-state index contributed by atoms with van der Waals surface area (Å²) in [6, 6.07) is 14.0. The molecule has 0 aromatic heterocycles. The first-order valence-corrected chi connectivity index (χ1v) is 9.12. The molecule has 2 aromatic rings. The van der Waals surface area contributed by atoms with Crippen LogP contribution in [0.4, 0.5) is 11.4 Å². The van der Waals surface area contributed by atoms with Gasteiger partial charge in [-0.25, -0.2) is 8.42 Å². The highest BCUT2D eigenvalue weighted by atomic mass is 32.2. The van der Waals surface area contributed by atoms with Gasteiger partial charge >= 0.3 is 0 Å². The molecule has 0 saturated carbocycles. The number of benzene rings is 2. The van der Waals surface area contributed by atoms with E-state index in [1.807, 2.05) is 12.1 Å². The highest BCUT2D eigenvalue weighted by molar-refractivity contribution is 7.92. The zero-order valence-corrected chi connectivity index (χ0v) is 14.6. The average molecular weight is 348 g/mol. The second kappa shape index (κ2) is 7.35. The minimum absolute atomic E-state index is 0.177. The van der Waals surface area contributed by atoms with Gasteiger partial charge in [0.05, 0.1) is 31.2 Å². The van der Waals surface area contributed by atoms with E-state index in [1.165, 1.54) is 11.4 Å². The molecular formula is C17H20N2O4S. The normalized spacial score (nSPS) is 11.0. The number of methoxy groups -OCH3 is 1. The van der Waals surface area contributed by atoms with Crippen LogP contribution in [-0.2, 0) is 21.2 Å². The highest BCUT2D eigenvalue weighted by Crippen LogP contribution is 2.23. The second-order valence-corrected chi connectivity index (χ2v) is 7.34. The van der Waals surface area contributed by atoms with E-state index in [9.17, 15) is 13.2 Å². The minimum Gasteiger partial charge on any atom is -0.495 e. The van der Waals surface area contributed by atoms with Crippen molar-refractivity contribution in [1.29, 1.82) is 0 Å². The average Bonchev–Trinajstić information content (AvgIpc) is 2.54. The number of para-hydroxylation sites is 2. The topological polar surface area (TPSA) is 75.7 Å². The van der Waals surface area contributed by atoms with Crippen LogP contribution in [0.15, 0.2) is 48.5 Å². The summed E-state index contributed by atoms with van der Waals surface area (Å²) in [5.41, 5.74) is 1.94. The van der Waals surface area contributed by atoms with Gasteiger partial charge in [0.15, 0.2) is 0 Å². The molecule has 0 bridgehead atoms. The zero-order chi connectivity index (χ0) is 17.7. The summed E-state index contributed by atoms with van der Waals surface area (Å²) in [6.45, 7) is 0. The van der Waals surface area contributed by atoms with Gasteiger partial charge in [-0.3, -0.25) is 9.10 Å². The fourth-order valence-electron chi connectivity index (χ4n) is 2.14. The Balaban J connectivity index is 2.05. The van der Waals surface area contributed by atoms with E-state index in [0.29, 0.717) is 17.1 Å². The lowest BCUT2D eigenvalue weighted by Crippen LogP contribution is -2.24. The molecule has 1 N–H and O–H groups in total. The van der Waals surface area contributed by atoms with E-state index in [1.54, 1.807) is 43.5 Å². The van der Waals surface area contributed by atoms with Crippen molar-refractivity contribution >= 4 is 27.3 Å². The molecule has 0 fully saturated rings. The van der Waals surface area contributed by atoms with Crippen molar-refractivity contribution in [2.45, 2.75) is 6.42 Å². The predicted octanol–water partition coefficient (Wildman–Crippen LogP) is 2.27. The molecule has 2 aromatic carbocycles. The van der Waals surface area contributed by atoms with Crippen LogP contribution >= 0.6 is 0 Å². The Morgan fingerprint density at radius 1 is 1.12 bits per heavy atom. The molecule has 0 aliphatic heterocycles. The molecule has 0 saturated heterocycles. The molecule has 0 radical (unpaired) electrons. The molecule has 24 heavy (non-hydrogen) atoms. The molecule has 2 rings (SSSR count). The monoisotopic (exact) mass is 348 g/mol. The first-order chi connectivity index (χ1) is 11.3. The lowest BCUT2D eigenvalue weighted by atomic mass is 10.1. The van der Waals surface area contributed by atoms with Gasteiger partial charge in [0.1, 0.15) is 5.75 Å². The molecule has 7 heteroatoms. The standard InChI is InChI=1S/C17H20N2O4S/c1-19(24(3,21)22)14-10-8-13(9-11-14)12-17(20)18-15-6-4-5-7-16(15)23-2/h4-11H,12H2,1-3H3,(H,18,20). The fraction of sp³-hybridized carbons (Fsp3) is 0.235. The van der Waals surface area contributed by atoms with Gasteiger partial charge < -0.3 is 10.1 Å². The number of hydrogen-bond acceptors (Lipinski definition) is 4. The number of carbonyl (C=O) groups is 1. The Morgan fingerprint density at radius 3 is 2.33 bits per heavy atom. The molecule has 1 amide bonds. The molecule has 0 atom stereocenters. The summed E-state index contributed by atoms with van der Waals surface area (Å²) in [5, 5.41) is 2.80. The summed E-state index contributed by atoms with van der Waals surface area (Å²) in [4.78, 5) is 12.2. The smallest absolute Gasteiger partial charge is 0.231 e. The molecule has 0 aliphatic rings. The second-order valence-electron chi connectivity index (χ2n) is 5.32. The summed E-state index contributed by atoms with van der Waals surface area (Å²) in [6.07, 6.45) is 1.32. The van der Waals surface area contributed by atoms with Crippen molar-refractivity contribution < 1.29 is 17.9 Å². The lowest BCUT2D eigenvalue weighted by Gasteiger charge is -2.16. The fourth-order valence-corrected chi connectivity index (χ4v) is 2.65. The molecule has 128 valence electrons. The third-order valence-electron chi connectivity index (χ3n) is 3.54. The first kappa shape index (κ1) is 17.8. The van der Waals surface area contributed by atoms with E-state index < -0.39 is 10.0 Å². The van der Waals surface area contributed by atoms with Crippen LogP contribution in [0, 0.1) is 0 Å². The Bertz CT molecular complexity index is 817. The number of anilines is 2. The maximum atomic E-state index is 12.2. The molecule has 0 heterocycles. The van der Waals surface area contributed by atoms with Gasteiger partial charge in [0.25, 0.3) is 0 Å². The van der Waals surface area contributed by atoms with Crippen molar-refractivity contribution in [3.63, 3.8) is 0 Å². The summed E-state index contributed by atoms with van der Waals surface area (Å²) < 4.78 is 29.4. The van der Waals surface area contributed by atoms with Crippen molar-refractivity contribution in [2.75, 3.05) is 30.0 Å². The maximum Gasteiger partial charge on any atom is 0.231 e. The molecule has 6 nitrogen and oxygen atoms in total. The molecular weight excluding hydrogens is 328 g/mol. The van der Waals surface area contributed by atoms with Crippen LogP contribution < -0.4 is 14.4 Å². The van der Waals surface area contributed by atoms with Gasteiger partial charge in [0.2, 0.25) is 15.9 Å². The summed E-state index contributed by atoms with van der Waals surface area (Å²) in [7, 11) is -0.272. The van der Waals surface area contributed by atoms with Gasteiger partial charge in [-0.2, -0.15) is 0 Å². The number of amides is 1. The predicted molar refractivity (Wildman–Crippen MR) is 95.0 cm³/mol. The van der Waals surface area contributed by atoms with E-state index in [-0.39, 0.29) is 12.3 Å². The van der Waals surface area contributed by atoms with Crippen molar-refractivity contribution in [3.8, 4) is 5.75 Å². The summed E-state index contributed by atoms with van der Waals surface area (Å²) in [5.74, 6) is 0.416. The van der Waals surface area contributed by atoms with E-state index in [2.05, 4.69) is 5.32 Å². The Labute approximate surface area is 142 Å². The van der Waals surface area contributed by atoms with E-state index in [0.717, 1.165) is 11.8 Å². The number of ether oxygens (including phenoxy) is 1. The Hall–Kier alpha value is -2.54. The van der Waals surface area contributed by atoms with Gasteiger partial charge in [-0.05, 0) is 29.8 Å². The Morgan fingerprint density at radius 2 is 1.75 bits per heavy atom. The maximum absolute atomic E-state index is 12.2. The number of sulfonamides is 1. The van der Waals surface area contributed by atoms with Crippen LogP contribution in [0.5, 0.6) is 5.75 Å².